The third kappa shape index (κ3) is 3.49. The Labute approximate surface area is 172 Å². The van der Waals surface area contributed by atoms with Crippen LogP contribution in [-0.4, -0.2) is 28.3 Å². The van der Waals surface area contributed by atoms with Crippen molar-refractivity contribution in [2.75, 3.05) is 17.7 Å². The first kappa shape index (κ1) is 19.2. The highest BCUT2D eigenvalue weighted by atomic mass is 32.2. The summed E-state index contributed by atoms with van der Waals surface area (Å²) >= 11 is 3.00. The number of thiophene rings is 1. The number of hydrogen-bond acceptors (Lipinski definition) is 5. The minimum Gasteiger partial charge on any atom is -0.315 e. The Morgan fingerprint density at radius 3 is 2.75 bits per heavy atom. The van der Waals surface area contributed by atoms with Crippen molar-refractivity contribution in [3.63, 3.8) is 0 Å². The van der Waals surface area contributed by atoms with E-state index in [9.17, 15) is 9.59 Å². The smallest absolute Gasteiger partial charge is 0.263 e. The highest BCUT2D eigenvalue weighted by Gasteiger charge is 2.22. The van der Waals surface area contributed by atoms with E-state index in [1.807, 2.05) is 37.3 Å². The molecule has 0 bridgehead atoms. The number of thioether (sulfide) groups is 1. The fraction of sp³-hybridized carbons (Fsp3) is 0.381. The van der Waals surface area contributed by atoms with Crippen LogP contribution in [0.1, 0.15) is 30.2 Å². The first-order chi connectivity index (χ1) is 13.6. The first-order valence-corrected chi connectivity index (χ1v) is 11.4. The van der Waals surface area contributed by atoms with Crippen LogP contribution in [0.3, 0.4) is 0 Å². The van der Waals surface area contributed by atoms with Crippen LogP contribution < -0.4 is 10.5 Å². The van der Waals surface area contributed by atoms with Crippen LogP contribution >= 0.6 is 23.1 Å². The molecule has 0 radical (unpaired) electrons. The Balaban J connectivity index is 1.62. The molecule has 0 aliphatic heterocycles. The molecule has 1 aliphatic rings. The van der Waals surface area contributed by atoms with Crippen LogP contribution in [0.4, 0.5) is 5.69 Å². The maximum absolute atomic E-state index is 13.1. The predicted octanol–water partition coefficient (Wildman–Crippen LogP) is 4.11. The molecule has 4 rings (SSSR count). The molecule has 0 spiro atoms. The minimum atomic E-state index is -0.0151. The van der Waals surface area contributed by atoms with Gasteiger partial charge in [0.05, 0.1) is 11.1 Å². The van der Waals surface area contributed by atoms with Gasteiger partial charge in [0.15, 0.2) is 5.16 Å². The van der Waals surface area contributed by atoms with E-state index in [0.717, 1.165) is 35.2 Å². The van der Waals surface area contributed by atoms with Crippen LogP contribution in [0.15, 0.2) is 40.3 Å². The summed E-state index contributed by atoms with van der Waals surface area (Å²) in [5, 5.41) is 1.44. The van der Waals surface area contributed by atoms with Crippen LogP contribution in [0.2, 0.25) is 0 Å². The number of aryl methyl sites for hydroxylation is 2. The van der Waals surface area contributed by atoms with Crippen LogP contribution in [0.25, 0.3) is 10.2 Å². The molecule has 0 saturated carbocycles. The molecule has 5 nitrogen and oxygen atoms in total. The summed E-state index contributed by atoms with van der Waals surface area (Å²) in [6, 6.07) is 9.57. The Bertz CT molecular complexity index is 1070. The normalized spacial score (nSPS) is 13.5. The lowest BCUT2D eigenvalue weighted by atomic mass is 9.97. The molecule has 1 aliphatic carbocycles. The summed E-state index contributed by atoms with van der Waals surface area (Å²) in [6.07, 6.45) is 4.35. The second-order valence-corrected chi connectivity index (χ2v) is 8.94. The Hall–Kier alpha value is -2.12. The van der Waals surface area contributed by atoms with Gasteiger partial charge in [-0.1, -0.05) is 30.0 Å². The van der Waals surface area contributed by atoms with E-state index in [0.29, 0.717) is 11.7 Å². The van der Waals surface area contributed by atoms with E-state index in [-0.39, 0.29) is 17.2 Å². The van der Waals surface area contributed by atoms with E-state index in [4.69, 9.17) is 4.98 Å². The SMILES string of the molecule is CCn1c(SCC(=O)N(C)c2ccccc2)nc2sc3c(c2c1=O)CCCC3. The molecular weight excluding hydrogens is 390 g/mol. The third-order valence-electron chi connectivity index (χ3n) is 5.20. The largest absolute Gasteiger partial charge is 0.315 e. The van der Waals surface area contributed by atoms with E-state index in [2.05, 4.69) is 0 Å². The van der Waals surface area contributed by atoms with E-state index in [1.54, 1.807) is 27.9 Å². The quantitative estimate of drug-likeness (QED) is 0.467. The number of carbonyl (C=O) groups excluding carboxylic acids is 1. The summed E-state index contributed by atoms with van der Waals surface area (Å²) in [7, 11) is 1.77. The summed E-state index contributed by atoms with van der Waals surface area (Å²) in [6.45, 7) is 2.51. The van der Waals surface area contributed by atoms with Gasteiger partial charge in [0.1, 0.15) is 4.83 Å². The number of aromatic nitrogens is 2. The predicted molar refractivity (Wildman–Crippen MR) is 117 cm³/mol. The highest BCUT2D eigenvalue weighted by Crippen LogP contribution is 2.34. The Morgan fingerprint density at radius 2 is 2.00 bits per heavy atom. The average molecular weight is 414 g/mol. The first-order valence-electron chi connectivity index (χ1n) is 9.59. The van der Waals surface area contributed by atoms with Gasteiger partial charge in [0.2, 0.25) is 5.91 Å². The van der Waals surface area contributed by atoms with Gasteiger partial charge in [-0.25, -0.2) is 4.98 Å². The van der Waals surface area contributed by atoms with Crippen LogP contribution in [0.5, 0.6) is 0 Å². The molecule has 1 amide bonds. The number of hydrogen-bond donors (Lipinski definition) is 0. The van der Waals surface area contributed by atoms with Crippen molar-refractivity contribution < 1.29 is 4.79 Å². The summed E-state index contributed by atoms with van der Waals surface area (Å²) in [4.78, 5) is 34.3. The zero-order chi connectivity index (χ0) is 19.7. The molecule has 2 aromatic heterocycles. The van der Waals surface area contributed by atoms with Crippen molar-refractivity contribution in [1.82, 2.24) is 9.55 Å². The number of carbonyl (C=O) groups is 1. The molecule has 0 N–H and O–H groups in total. The van der Waals surface area contributed by atoms with E-state index >= 15 is 0 Å². The monoisotopic (exact) mass is 413 g/mol. The van der Waals surface area contributed by atoms with Crippen molar-refractivity contribution in [3.05, 3.63) is 51.1 Å². The number of anilines is 1. The molecule has 7 heteroatoms. The summed E-state index contributed by atoms with van der Waals surface area (Å²) in [5.74, 6) is 0.229. The highest BCUT2D eigenvalue weighted by molar-refractivity contribution is 7.99. The number of nitrogens with zero attached hydrogens (tertiary/aromatic N) is 3. The lowest BCUT2D eigenvalue weighted by Gasteiger charge is -2.17. The van der Waals surface area contributed by atoms with Gasteiger partial charge in [-0.15, -0.1) is 11.3 Å². The number of amides is 1. The molecular formula is C21H23N3O2S2. The zero-order valence-corrected chi connectivity index (χ0v) is 17.7. The number of para-hydroxylation sites is 1. The molecule has 0 saturated heterocycles. The topological polar surface area (TPSA) is 55.2 Å². The lowest BCUT2D eigenvalue weighted by molar-refractivity contribution is -0.115. The van der Waals surface area contributed by atoms with Crippen molar-refractivity contribution in [3.8, 4) is 0 Å². The molecule has 1 aromatic carbocycles. The lowest BCUT2D eigenvalue weighted by Crippen LogP contribution is -2.29. The molecule has 0 fully saturated rings. The van der Waals surface area contributed by atoms with Crippen LogP contribution in [-0.2, 0) is 24.2 Å². The van der Waals surface area contributed by atoms with Gasteiger partial charge in [0.25, 0.3) is 5.56 Å². The van der Waals surface area contributed by atoms with Gasteiger partial charge in [-0.3, -0.25) is 14.2 Å². The number of fused-ring (bicyclic) bond motifs is 3. The maximum atomic E-state index is 13.1. The molecule has 146 valence electrons. The van der Waals surface area contributed by atoms with Gasteiger partial charge < -0.3 is 4.90 Å². The molecule has 28 heavy (non-hydrogen) atoms. The number of rotatable bonds is 5. The second-order valence-electron chi connectivity index (χ2n) is 6.91. The zero-order valence-electron chi connectivity index (χ0n) is 16.1. The molecule has 0 unspecified atom stereocenters. The standard InChI is InChI=1S/C21H23N3O2S2/c1-3-24-20(26)18-15-11-7-8-12-16(15)28-19(18)22-21(24)27-13-17(25)23(2)14-9-5-4-6-10-14/h4-6,9-10H,3,7-8,11-13H2,1-2H3. The average Bonchev–Trinajstić information content (AvgIpc) is 3.10. The molecule has 3 aromatic rings. The van der Waals surface area contributed by atoms with Gasteiger partial charge >= 0.3 is 0 Å². The summed E-state index contributed by atoms with van der Waals surface area (Å²) in [5.41, 5.74) is 2.11. The van der Waals surface area contributed by atoms with Crippen LogP contribution in [0, 0.1) is 0 Å². The minimum absolute atomic E-state index is 0.0151. The van der Waals surface area contributed by atoms with Crippen molar-refractivity contribution in [2.24, 2.45) is 0 Å². The number of benzene rings is 1. The Morgan fingerprint density at radius 1 is 1.25 bits per heavy atom. The Kier molecular flexibility index (Phi) is 5.55. The molecule has 2 heterocycles. The van der Waals surface area contributed by atoms with E-state index < -0.39 is 0 Å². The summed E-state index contributed by atoms with van der Waals surface area (Å²) < 4.78 is 1.71. The maximum Gasteiger partial charge on any atom is 0.263 e. The van der Waals surface area contributed by atoms with Gasteiger partial charge in [0, 0.05) is 24.2 Å². The van der Waals surface area contributed by atoms with Gasteiger partial charge in [-0.2, -0.15) is 0 Å². The third-order valence-corrected chi connectivity index (χ3v) is 7.35. The van der Waals surface area contributed by atoms with Crippen molar-refractivity contribution in [1.29, 1.82) is 0 Å². The van der Waals surface area contributed by atoms with Gasteiger partial charge in [-0.05, 0) is 50.3 Å². The molecule has 0 atom stereocenters. The fourth-order valence-electron chi connectivity index (χ4n) is 3.63. The van der Waals surface area contributed by atoms with E-state index in [1.165, 1.54) is 28.6 Å². The second kappa shape index (κ2) is 8.09. The fourth-order valence-corrected chi connectivity index (χ4v) is 5.91. The van der Waals surface area contributed by atoms with Crippen molar-refractivity contribution >= 4 is 44.9 Å². The van der Waals surface area contributed by atoms with Crippen molar-refractivity contribution in [2.45, 2.75) is 44.3 Å².